The number of fused-ring (bicyclic) bond motifs is 1. The van der Waals surface area contributed by atoms with Gasteiger partial charge in [-0.2, -0.15) is 0 Å². The van der Waals surface area contributed by atoms with Crippen LogP contribution in [0, 0.1) is 11.6 Å². The zero-order valence-corrected chi connectivity index (χ0v) is 16.2. The molecule has 1 fully saturated rings. The summed E-state index contributed by atoms with van der Waals surface area (Å²) in [5.74, 6) is -1.53. The largest absolute Gasteiger partial charge is 0.496 e. The maximum absolute atomic E-state index is 13.0. The Bertz CT molecular complexity index is 971. The summed E-state index contributed by atoms with van der Waals surface area (Å²) in [7, 11) is 1.35. The van der Waals surface area contributed by atoms with Gasteiger partial charge in [-0.1, -0.05) is 30.2 Å². The quantitative estimate of drug-likeness (QED) is 0.658. The maximum atomic E-state index is 13.0. The van der Waals surface area contributed by atoms with E-state index in [4.69, 9.17) is 10.5 Å². The van der Waals surface area contributed by atoms with Crippen LogP contribution in [0.5, 0.6) is 5.75 Å². The van der Waals surface area contributed by atoms with E-state index in [-0.39, 0.29) is 17.1 Å². The molecule has 2 aromatic carbocycles. The second-order valence-corrected chi connectivity index (χ2v) is 7.47. The second kappa shape index (κ2) is 8.97. The number of methoxy groups -OCH3 is 1. The summed E-state index contributed by atoms with van der Waals surface area (Å²) in [6.45, 7) is 0. The van der Waals surface area contributed by atoms with Crippen molar-refractivity contribution in [1.29, 1.82) is 0 Å². The number of carbonyl (C=O) groups is 1. The lowest BCUT2D eigenvalue weighted by molar-refractivity contribution is 0.0993. The van der Waals surface area contributed by atoms with Crippen LogP contribution in [0.25, 0.3) is 10.2 Å². The summed E-state index contributed by atoms with van der Waals surface area (Å²) in [4.78, 5) is 15.2. The number of halogens is 2. The average molecular weight is 405 g/mol. The predicted molar refractivity (Wildman–Crippen MR) is 107 cm³/mol. The third kappa shape index (κ3) is 4.75. The number of thiazole rings is 1. The zero-order chi connectivity index (χ0) is 20.1. The van der Waals surface area contributed by atoms with Crippen LogP contribution in [0.1, 0.15) is 36.0 Å². The Morgan fingerprint density at radius 2 is 2.00 bits per heavy atom. The van der Waals surface area contributed by atoms with E-state index in [1.54, 1.807) is 12.1 Å². The van der Waals surface area contributed by atoms with Crippen molar-refractivity contribution in [3.8, 4) is 5.75 Å². The van der Waals surface area contributed by atoms with Crippen LogP contribution in [0.15, 0.2) is 36.4 Å². The van der Waals surface area contributed by atoms with Crippen LogP contribution in [0.4, 0.5) is 13.9 Å². The van der Waals surface area contributed by atoms with E-state index >= 15 is 0 Å². The topological polar surface area (TPSA) is 77.2 Å². The van der Waals surface area contributed by atoms with Gasteiger partial charge in [-0.05, 0) is 43.2 Å². The monoisotopic (exact) mass is 405 g/mol. The molecule has 3 N–H and O–H groups in total. The molecule has 5 nitrogen and oxygen atoms in total. The molecule has 0 spiro atoms. The summed E-state index contributed by atoms with van der Waals surface area (Å²) in [5.41, 5.74) is 5.61. The van der Waals surface area contributed by atoms with Crippen LogP contribution >= 0.6 is 11.3 Å². The highest BCUT2D eigenvalue weighted by atomic mass is 32.1. The molecule has 0 bridgehead atoms. The maximum Gasteiger partial charge on any atom is 0.255 e. The number of hydrogen-bond donors (Lipinski definition) is 2. The van der Waals surface area contributed by atoms with E-state index in [1.165, 1.54) is 62.3 Å². The van der Waals surface area contributed by atoms with E-state index < -0.39 is 11.7 Å². The standard InChI is InChI=1S/C12H13FN2S.C8H8FNO2/c13-8-5-6-10-11(7-8)16-12(15-10)14-9-3-1-2-4-9;1-12-6-4-2-3-5(9)7(6)8(10)11/h5-7,9H,1-4H2,(H,14,15);2-4H,1H3,(H2,10,11). The van der Waals surface area contributed by atoms with Gasteiger partial charge in [0.15, 0.2) is 5.13 Å². The van der Waals surface area contributed by atoms with Gasteiger partial charge in [-0.3, -0.25) is 4.79 Å². The number of ether oxygens (including phenoxy) is 1. The highest BCUT2D eigenvalue weighted by Crippen LogP contribution is 2.29. The lowest BCUT2D eigenvalue weighted by Crippen LogP contribution is -2.14. The normalized spacial score (nSPS) is 13.8. The molecule has 1 saturated carbocycles. The van der Waals surface area contributed by atoms with Gasteiger partial charge in [-0.25, -0.2) is 13.8 Å². The number of nitrogens with zero attached hydrogens (tertiary/aromatic N) is 1. The number of primary amides is 1. The Balaban J connectivity index is 0.000000169. The van der Waals surface area contributed by atoms with Gasteiger partial charge in [0, 0.05) is 6.04 Å². The van der Waals surface area contributed by atoms with Gasteiger partial charge >= 0.3 is 0 Å². The lowest BCUT2D eigenvalue weighted by atomic mass is 10.2. The van der Waals surface area contributed by atoms with Crippen LogP contribution < -0.4 is 15.8 Å². The molecule has 8 heteroatoms. The van der Waals surface area contributed by atoms with Crippen molar-refractivity contribution in [2.45, 2.75) is 31.7 Å². The average Bonchev–Trinajstić information content (AvgIpc) is 3.30. The predicted octanol–water partition coefficient (Wildman–Crippen LogP) is 4.72. The Kier molecular flexibility index (Phi) is 6.41. The van der Waals surface area contributed by atoms with E-state index in [9.17, 15) is 13.6 Å². The molecule has 1 aliphatic carbocycles. The van der Waals surface area contributed by atoms with E-state index in [0.717, 1.165) is 21.4 Å². The molecule has 0 aliphatic heterocycles. The summed E-state index contributed by atoms with van der Waals surface area (Å²) >= 11 is 1.54. The van der Waals surface area contributed by atoms with Gasteiger partial charge < -0.3 is 15.8 Å². The Morgan fingerprint density at radius 3 is 2.64 bits per heavy atom. The fourth-order valence-electron chi connectivity index (χ4n) is 3.12. The second-order valence-electron chi connectivity index (χ2n) is 6.44. The fraction of sp³-hybridized carbons (Fsp3) is 0.300. The molecule has 3 aromatic rings. The van der Waals surface area contributed by atoms with Crippen molar-refractivity contribution < 1.29 is 18.3 Å². The van der Waals surface area contributed by atoms with E-state index in [1.807, 2.05) is 0 Å². The van der Waals surface area contributed by atoms with Gasteiger partial charge in [0.2, 0.25) is 0 Å². The minimum atomic E-state index is -0.829. The number of aromatic nitrogens is 1. The summed E-state index contributed by atoms with van der Waals surface area (Å²) in [6, 6.07) is 9.38. The van der Waals surface area contributed by atoms with Crippen LogP contribution in [0.2, 0.25) is 0 Å². The van der Waals surface area contributed by atoms with Crippen molar-refractivity contribution >= 4 is 32.6 Å². The number of nitrogens with one attached hydrogen (secondary N) is 1. The molecule has 0 unspecified atom stereocenters. The molecule has 0 saturated heterocycles. The third-order valence-corrected chi connectivity index (χ3v) is 5.42. The number of anilines is 1. The third-order valence-electron chi connectivity index (χ3n) is 4.47. The van der Waals surface area contributed by atoms with Gasteiger partial charge in [0.1, 0.15) is 22.9 Å². The Morgan fingerprint density at radius 1 is 1.25 bits per heavy atom. The molecule has 0 radical (unpaired) electrons. The van der Waals surface area contributed by atoms with E-state index in [2.05, 4.69) is 10.3 Å². The highest BCUT2D eigenvalue weighted by molar-refractivity contribution is 7.22. The number of amides is 1. The summed E-state index contributed by atoms with van der Waals surface area (Å²) < 4.78 is 31.6. The molecular weight excluding hydrogens is 384 g/mol. The minimum Gasteiger partial charge on any atom is -0.496 e. The number of hydrogen-bond acceptors (Lipinski definition) is 5. The first kappa shape index (κ1) is 20.0. The Labute approximate surface area is 165 Å². The summed E-state index contributed by atoms with van der Waals surface area (Å²) in [6.07, 6.45) is 5.06. The molecule has 148 valence electrons. The van der Waals surface area contributed by atoms with Crippen molar-refractivity contribution in [2.75, 3.05) is 12.4 Å². The fourth-order valence-corrected chi connectivity index (χ4v) is 4.09. The lowest BCUT2D eigenvalue weighted by Gasteiger charge is -2.09. The highest BCUT2D eigenvalue weighted by Gasteiger charge is 2.16. The minimum absolute atomic E-state index is 0.155. The molecule has 1 aromatic heterocycles. The first-order chi connectivity index (χ1) is 13.5. The van der Waals surface area contributed by atoms with Crippen molar-refractivity contribution in [2.24, 2.45) is 5.73 Å². The number of nitrogens with two attached hydrogens (primary N) is 1. The van der Waals surface area contributed by atoms with Crippen LogP contribution in [-0.2, 0) is 0 Å². The van der Waals surface area contributed by atoms with Crippen molar-refractivity contribution in [1.82, 2.24) is 4.98 Å². The van der Waals surface area contributed by atoms with Crippen LogP contribution in [-0.4, -0.2) is 24.0 Å². The van der Waals surface area contributed by atoms with Gasteiger partial charge in [0.05, 0.1) is 17.3 Å². The molecular formula is C20H21F2N3O2S. The first-order valence-corrected chi connectivity index (χ1v) is 9.74. The van der Waals surface area contributed by atoms with Crippen LogP contribution in [0.3, 0.4) is 0 Å². The summed E-state index contributed by atoms with van der Waals surface area (Å²) in [5, 5.41) is 4.36. The Hall–Kier alpha value is -2.74. The number of carbonyl (C=O) groups excluding carboxylic acids is 1. The van der Waals surface area contributed by atoms with Gasteiger partial charge in [-0.15, -0.1) is 0 Å². The smallest absolute Gasteiger partial charge is 0.255 e. The molecule has 4 rings (SSSR count). The molecule has 1 aliphatic rings. The molecule has 0 atom stereocenters. The van der Waals surface area contributed by atoms with Crippen molar-refractivity contribution in [3.05, 3.63) is 53.6 Å². The molecule has 1 heterocycles. The number of benzene rings is 2. The molecule has 28 heavy (non-hydrogen) atoms. The van der Waals surface area contributed by atoms with Crippen molar-refractivity contribution in [3.63, 3.8) is 0 Å². The zero-order valence-electron chi connectivity index (χ0n) is 15.4. The van der Waals surface area contributed by atoms with E-state index in [0.29, 0.717) is 6.04 Å². The SMILES string of the molecule is COc1cccc(F)c1C(N)=O.Fc1ccc2nc(NC3CCCC3)sc2c1. The molecule has 1 amide bonds. The first-order valence-electron chi connectivity index (χ1n) is 8.93. The number of rotatable bonds is 4. The van der Waals surface area contributed by atoms with Gasteiger partial charge in [0.25, 0.3) is 5.91 Å².